The van der Waals surface area contributed by atoms with E-state index in [2.05, 4.69) is 30.7 Å². The van der Waals surface area contributed by atoms with Crippen LogP contribution in [0.2, 0.25) is 0 Å². The summed E-state index contributed by atoms with van der Waals surface area (Å²) in [5.41, 5.74) is 2.83. The highest BCUT2D eigenvalue weighted by molar-refractivity contribution is 5.23. The van der Waals surface area contributed by atoms with Gasteiger partial charge in [0.2, 0.25) is 0 Å². The van der Waals surface area contributed by atoms with E-state index in [0.717, 1.165) is 25.4 Å². The molecule has 0 amide bonds. The van der Waals surface area contributed by atoms with Gasteiger partial charge in [0, 0.05) is 37.2 Å². The molecule has 0 radical (unpaired) electrons. The number of nitrogens with zero attached hydrogens (tertiary/aromatic N) is 2. The Morgan fingerprint density at radius 1 is 1.37 bits per heavy atom. The minimum absolute atomic E-state index is 0.527. The molecule has 3 rings (SSSR count). The monoisotopic (exact) mass is 261 g/mol. The zero-order valence-corrected chi connectivity index (χ0v) is 12.6. The van der Waals surface area contributed by atoms with Crippen molar-refractivity contribution in [2.45, 2.75) is 71.4 Å². The van der Waals surface area contributed by atoms with Crippen LogP contribution in [-0.4, -0.2) is 16.1 Å². The quantitative estimate of drug-likeness (QED) is 0.880. The van der Waals surface area contributed by atoms with E-state index in [1.165, 1.54) is 42.9 Å². The Bertz CT molecular complexity index is 443. The van der Waals surface area contributed by atoms with Crippen molar-refractivity contribution in [2.24, 2.45) is 5.92 Å². The van der Waals surface area contributed by atoms with Crippen LogP contribution in [0.25, 0.3) is 0 Å². The summed E-state index contributed by atoms with van der Waals surface area (Å²) in [4.78, 5) is 4.95. The standard InChI is InChI=1S/C16H27N3/c1-4-13(9-12-5-6-12)19-15-7-8-17-10-14(15)18-16(19)11(2)3/h11-13,17H,4-10H2,1-3H3. The molecule has 1 aromatic heterocycles. The molecule has 1 N–H and O–H groups in total. The summed E-state index contributed by atoms with van der Waals surface area (Å²) in [6.07, 6.45) is 6.66. The van der Waals surface area contributed by atoms with Crippen LogP contribution in [0.1, 0.15) is 75.6 Å². The molecule has 0 spiro atoms. The SMILES string of the molecule is CCC(CC1CC1)n1c(C(C)C)nc2c1CCNC2. The Morgan fingerprint density at radius 3 is 2.79 bits per heavy atom. The summed E-state index contributed by atoms with van der Waals surface area (Å²) in [5, 5.41) is 3.45. The molecular weight excluding hydrogens is 234 g/mol. The van der Waals surface area contributed by atoms with Gasteiger partial charge in [0.15, 0.2) is 0 Å². The van der Waals surface area contributed by atoms with E-state index in [4.69, 9.17) is 4.98 Å². The van der Waals surface area contributed by atoms with E-state index in [1.807, 2.05) is 0 Å². The minimum Gasteiger partial charge on any atom is -0.328 e. The normalized spacial score (nSPS) is 20.6. The molecule has 1 aliphatic heterocycles. The molecule has 2 heterocycles. The lowest BCUT2D eigenvalue weighted by Crippen LogP contribution is -2.26. The number of nitrogens with one attached hydrogen (secondary N) is 1. The smallest absolute Gasteiger partial charge is 0.112 e. The molecule has 19 heavy (non-hydrogen) atoms. The third kappa shape index (κ3) is 2.58. The van der Waals surface area contributed by atoms with E-state index < -0.39 is 0 Å². The molecule has 106 valence electrons. The Labute approximate surface area is 116 Å². The third-order valence-electron chi connectivity index (χ3n) is 4.61. The summed E-state index contributed by atoms with van der Waals surface area (Å²) < 4.78 is 2.62. The molecule has 1 unspecified atom stereocenters. The first-order valence-electron chi connectivity index (χ1n) is 8.01. The molecule has 3 nitrogen and oxygen atoms in total. The van der Waals surface area contributed by atoms with Crippen molar-refractivity contribution in [1.29, 1.82) is 0 Å². The predicted molar refractivity (Wildman–Crippen MR) is 78.4 cm³/mol. The van der Waals surface area contributed by atoms with Crippen LogP contribution < -0.4 is 5.32 Å². The fourth-order valence-electron chi connectivity index (χ4n) is 3.36. The average Bonchev–Trinajstić information content (AvgIpc) is 3.14. The highest BCUT2D eigenvalue weighted by atomic mass is 15.1. The van der Waals surface area contributed by atoms with Crippen LogP contribution in [0.5, 0.6) is 0 Å². The van der Waals surface area contributed by atoms with Crippen molar-refractivity contribution in [3.8, 4) is 0 Å². The fraction of sp³-hybridized carbons (Fsp3) is 0.812. The Kier molecular flexibility index (Phi) is 3.66. The topological polar surface area (TPSA) is 29.9 Å². The van der Waals surface area contributed by atoms with Gasteiger partial charge in [0.1, 0.15) is 5.82 Å². The van der Waals surface area contributed by atoms with E-state index in [-0.39, 0.29) is 0 Å². The van der Waals surface area contributed by atoms with Crippen LogP contribution >= 0.6 is 0 Å². The van der Waals surface area contributed by atoms with Gasteiger partial charge in [0.05, 0.1) is 5.69 Å². The maximum atomic E-state index is 4.95. The van der Waals surface area contributed by atoms with Crippen molar-refractivity contribution in [1.82, 2.24) is 14.9 Å². The highest BCUT2D eigenvalue weighted by Gasteiger charge is 2.30. The van der Waals surface area contributed by atoms with Crippen molar-refractivity contribution in [3.63, 3.8) is 0 Å². The molecular formula is C16H27N3. The molecule has 0 aromatic carbocycles. The predicted octanol–water partition coefficient (Wildman–Crippen LogP) is 3.40. The zero-order valence-electron chi connectivity index (χ0n) is 12.6. The lowest BCUT2D eigenvalue weighted by molar-refractivity contribution is 0.396. The first kappa shape index (κ1) is 13.2. The second kappa shape index (κ2) is 5.28. The molecule has 3 heteroatoms. The fourth-order valence-corrected chi connectivity index (χ4v) is 3.36. The lowest BCUT2D eigenvalue weighted by Gasteiger charge is -2.25. The van der Waals surface area contributed by atoms with Crippen LogP contribution in [-0.2, 0) is 13.0 Å². The summed E-state index contributed by atoms with van der Waals surface area (Å²) in [5.74, 6) is 2.84. The van der Waals surface area contributed by atoms with Crippen molar-refractivity contribution >= 4 is 0 Å². The summed E-state index contributed by atoms with van der Waals surface area (Å²) in [6, 6.07) is 0.680. The Hall–Kier alpha value is -0.830. The van der Waals surface area contributed by atoms with E-state index >= 15 is 0 Å². The molecule has 1 aliphatic carbocycles. The average molecular weight is 261 g/mol. The maximum Gasteiger partial charge on any atom is 0.112 e. The number of imidazole rings is 1. The second-order valence-corrected chi connectivity index (χ2v) is 6.56. The molecule has 1 saturated carbocycles. The van der Waals surface area contributed by atoms with Gasteiger partial charge in [-0.3, -0.25) is 0 Å². The largest absolute Gasteiger partial charge is 0.328 e. The van der Waals surface area contributed by atoms with Crippen LogP contribution in [0.4, 0.5) is 0 Å². The van der Waals surface area contributed by atoms with Gasteiger partial charge in [-0.05, 0) is 18.8 Å². The number of aromatic nitrogens is 2. The third-order valence-corrected chi connectivity index (χ3v) is 4.61. The van der Waals surface area contributed by atoms with Crippen molar-refractivity contribution < 1.29 is 0 Å². The second-order valence-electron chi connectivity index (χ2n) is 6.56. The molecule has 2 aliphatic rings. The summed E-state index contributed by atoms with van der Waals surface area (Å²) >= 11 is 0. The van der Waals surface area contributed by atoms with E-state index in [1.54, 1.807) is 0 Å². The minimum atomic E-state index is 0.527. The molecule has 0 bridgehead atoms. The lowest BCUT2D eigenvalue weighted by atomic mass is 10.0. The van der Waals surface area contributed by atoms with Gasteiger partial charge in [-0.1, -0.05) is 33.6 Å². The Balaban J connectivity index is 1.97. The Morgan fingerprint density at radius 2 is 2.16 bits per heavy atom. The number of hydrogen-bond acceptors (Lipinski definition) is 2. The van der Waals surface area contributed by atoms with Gasteiger partial charge < -0.3 is 9.88 Å². The van der Waals surface area contributed by atoms with Crippen LogP contribution in [0.15, 0.2) is 0 Å². The van der Waals surface area contributed by atoms with Gasteiger partial charge in [-0.25, -0.2) is 4.98 Å². The molecule has 1 fully saturated rings. The van der Waals surface area contributed by atoms with Gasteiger partial charge in [0.25, 0.3) is 0 Å². The van der Waals surface area contributed by atoms with Crippen molar-refractivity contribution in [3.05, 3.63) is 17.2 Å². The van der Waals surface area contributed by atoms with Crippen molar-refractivity contribution in [2.75, 3.05) is 6.54 Å². The van der Waals surface area contributed by atoms with Crippen LogP contribution in [0, 0.1) is 5.92 Å². The zero-order chi connectivity index (χ0) is 13.4. The van der Waals surface area contributed by atoms with Crippen LogP contribution in [0.3, 0.4) is 0 Å². The first-order valence-corrected chi connectivity index (χ1v) is 8.01. The highest BCUT2D eigenvalue weighted by Crippen LogP contribution is 2.40. The van der Waals surface area contributed by atoms with E-state index in [9.17, 15) is 0 Å². The summed E-state index contributed by atoms with van der Waals surface area (Å²) in [7, 11) is 0. The first-order chi connectivity index (χ1) is 9.20. The molecule has 0 saturated heterocycles. The molecule has 1 aromatic rings. The van der Waals surface area contributed by atoms with Gasteiger partial charge in [-0.15, -0.1) is 0 Å². The number of hydrogen-bond donors (Lipinski definition) is 1. The summed E-state index contributed by atoms with van der Waals surface area (Å²) in [6.45, 7) is 8.96. The van der Waals surface area contributed by atoms with E-state index in [0.29, 0.717) is 12.0 Å². The number of fused-ring (bicyclic) bond motifs is 1. The van der Waals surface area contributed by atoms with Gasteiger partial charge >= 0.3 is 0 Å². The van der Waals surface area contributed by atoms with Gasteiger partial charge in [-0.2, -0.15) is 0 Å². The number of rotatable bonds is 5. The maximum absolute atomic E-state index is 4.95. The molecule has 1 atom stereocenters.